The highest BCUT2D eigenvalue weighted by Gasteiger charge is 2.51. The average molecular weight is 660 g/mol. The van der Waals surface area contributed by atoms with E-state index in [4.69, 9.17) is 14.2 Å². The van der Waals surface area contributed by atoms with E-state index in [0.717, 1.165) is 78.7 Å². The molecule has 0 aromatic heterocycles. The fourth-order valence-corrected chi connectivity index (χ4v) is 9.50. The lowest BCUT2D eigenvalue weighted by molar-refractivity contribution is -0.253. The topological polar surface area (TPSA) is 109 Å². The normalized spacial score (nSPS) is 33.0. The van der Waals surface area contributed by atoms with Gasteiger partial charge in [0.2, 0.25) is 0 Å². The van der Waals surface area contributed by atoms with Crippen LogP contribution in [0.4, 0.5) is 4.79 Å². The molecular formula is C39H53N3O6. The second-order valence-corrected chi connectivity index (χ2v) is 16.3. The molecule has 0 radical (unpaired) electrons. The Morgan fingerprint density at radius 3 is 2.15 bits per heavy atom. The van der Waals surface area contributed by atoms with Crippen molar-refractivity contribution >= 4 is 12.0 Å². The number of ether oxygens (including phenoxy) is 3. The summed E-state index contributed by atoms with van der Waals surface area (Å²) in [5, 5.41) is 16.1. The van der Waals surface area contributed by atoms with Gasteiger partial charge < -0.3 is 30.0 Å². The standard InChI is InChI=1S/C39H53N3O6/c1-38(2,3)48-35(44)33-5-4-14-42(33)23-32-18-34(30-10-8-26(24-43)9-11-30)47-36(46-32)31-12-6-25(7-13-31)22-40-37(45)41-39-19-27-15-28(20-39)17-29(16-27)21-39/h6-13,27-29,32-34,36,43H,4-5,14-24H2,1-3H3,(H2,40,41,45)/t27?,28?,29?,32-,33+,34+,36+,39?/m1/s1. The van der Waals surface area contributed by atoms with Crippen LogP contribution in [0.5, 0.6) is 0 Å². The number of aliphatic hydroxyl groups is 1. The van der Waals surface area contributed by atoms with Gasteiger partial charge in [0.05, 0.1) is 18.8 Å². The van der Waals surface area contributed by atoms with Gasteiger partial charge in [-0.25, -0.2) is 4.79 Å². The molecule has 6 aliphatic rings. The second kappa shape index (κ2) is 13.7. The van der Waals surface area contributed by atoms with E-state index in [1.54, 1.807) is 0 Å². The Morgan fingerprint density at radius 2 is 1.52 bits per heavy atom. The number of aliphatic hydroxyl groups excluding tert-OH is 1. The minimum absolute atomic E-state index is 0.00763. The number of hydrogen-bond donors (Lipinski definition) is 3. The van der Waals surface area contributed by atoms with Gasteiger partial charge in [0.25, 0.3) is 0 Å². The molecule has 260 valence electrons. The van der Waals surface area contributed by atoms with Crippen LogP contribution in [0.3, 0.4) is 0 Å². The van der Waals surface area contributed by atoms with E-state index in [1.165, 1.54) is 19.3 Å². The summed E-state index contributed by atoms with van der Waals surface area (Å²) in [5.41, 5.74) is 3.26. The van der Waals surface area contributed by atoms with Crippen LogP contribution in [-0.4, -0.2) is 58.4 Å². The molecule has 48 heavy (non-hydrogen) atoms. The first-order valence-corrected chi connectivity index (χ1v) is 18.2. The molecule has 0 unspecified atom stereocenters. The molecule has 2 heterocycles. The average Bonchev–Trinajstić information content (AvgIpc) is 3.50. The van der Waals surface area contributed by atoms with Crippen molar-refractivity contribution in [2.75, 3.05) is 13.1 Å². The maximum absolute atomic E-state index is 13.1. The van der Waals surface area contributed by atoms with Crippen LogP contribution < -0.4 is 10.6 Å². The van der Waals surface area contributed by atoms with E-state index in [-0.39, 0.29) is 42.4 Å². The number of urea groups is 1. The Bertz CT molecular complexity index is 1400. The van der Waals surface area contributed by atoms with Crippen LogP contribution in [0.1, 0.15) is 113 Å². The predicted molar refractivity (Wildman–Crippen MR) is 182 cm³/mol. The van der Waals surface area contributed by atoms with Gasteiger partial charge in [-0.3, -0.25) is 9.69 Å². The number of nitrogens with one attached hydrogen (secondary N) is 2. The maximum atomic E-state index is 13.1. The molecule has 4 saturated carbocycles. The lowest BCUT2D eigenvalue weighted by Gasteiger charge is -2.56. The smallest absolute Gasteiger partial charge is 0.323 e. The first kappa shape index (κ1) is 33.5. The molecule has 4 bridgehead atoms. The molecule has 2 saturated heterocycles. The minimum Gasteiger partial charge on any atom is -0.459 e. The van der Waals surface area contributed by atoms with Crippen LogP contribution in [0, 0.1) is 17.8 Å². The second-order valence-electron chi connectivity index (χ2n) is 16.3. The molecule has 0 spiro atoms. The molecule has 2 aliphatic heterocycles. The van der Waals surface area contributed by atoms with Gasteiger partial charge >= 0.3 is 12.0 Å². The number of hydrogen-bond acceptors (Lipinski definition) is 7. The number of carbonyl (C=O) groups excluding carboxylic acids is 2. The molecule has 9 nitrogen and oxygen atoms in total. The zero-order valence-corrected chi connectivity index (χ0v) is 28.8. The zero-order chi connectivity index (χ0) is 33.5. The summed E-state index contributed by atoms with van der Waals surface area (Å²) in [6.07, 6.45) is 8.87. The largest absolute Gasteiger partial charge is 0.459 e. The van der Waals surface area contributed by atoms with Crippen molar-refractivity contribution in [3.63, 3.8) is 0 Å². The van der Waals surface area contributed by atoms with Crippen LogP contribution in [0.15, 0.2) is 48.5 Å². The molecule has 2 aromatic carbocycles. The van der Waals surface area contributed by atoms with Crippen LogP contribution in [0.25, 0.3) is 0 Å². The number of nitrogens with zero attached hydrogens (tertiary/aromatic N) is 1. The third-order valence-electron chi connectivity index (χ3n) is 11.2. The molecule has 2 amide bonds. The summed E-state index contributed by atoms with van der Waals surface area (Å²) in [4.78, 5) is 28.3. The summed E-state index contributed by atoms with van der Waals surface area (Å²) in [5.74, 6) is 2.19. The molecule has 4 aliphatic carbocycles. The number of rotatable bonds is 9. The van der Waals surface area contributed by atoms with E-state index in [2.05, 4.69) is 15.5 Å². The maximum Gasteiger partial charge on any atom is 0.323 e. The lowest BCUT2D eigenvalue weighted by Crippen LogP contribution is -2.61. The Balaban J connectivity index is 0.998. The van der Waals surface area contributed by atoms with Gasteiger partial charge in [-0.15, -0.1) is 0 Å². The SMILES string of the molecule is CC(C)(C)OC(=O)[C@@H]1CCCN1C[C@H]1C[C@@H](c2ccc(CO)cc2)O[C@@H](c2ccc(CNC(=O)NC34CC5CC(CC(C5)C3)C4)cc2)O1. The summed E-state index contributed by atoms with van der Waals surface area (Å²) in [6.45, 7) is 7.59. The first-order valence-electron chi connectivity index (χ1n) is 18.2. The van der Waals surface area contributed by atoms with Crippen LogP contribution in [0.2, 0.25) is 0 Å². The minimum atomic E-state index is -0.588. The number of benzene rings is 2. The third kappa shape index (κ3) is 7.75. The Kier molecular flexibility index (Phi) is 9.59. The van der Waals surface area contributed by atoms with E-state index < -0.39 is 11.9 Å². The van der Waals surface area contributed by atoms with Gasteiger partial charge in [0, 0.05) is 30.6 Å². The number of esters is 1. The monoisotopic (exact) mass is 659 g/mol. The van der Waals surface area contributed by atoms with Crippen molar-refractivity contribution < 1.29 is 28.9 Å². The van der Waals surface area contributed by atoms with Gasteiger partial charge in [-0.05, 0) is 113 Å². The molecule has 8 rings (SSSR count). The van der Waals surface area contributed by atoms with E-state index in [9.17, 15) is 14.7 Å². The molecular weight excluding hydrogens is 606 g/mol. The van der Waals surface area contributed by atoms with Gasteiger partial charge in [0.15, 0.2) is 6.29 Å². The quantitative estimate of drug-likeness (QED) is 0.271. The highest BCUT2D eigenvalue weighted by atomic mass is 16.7. The van der Waals surface area contributed by atoms with Crippen molar-refractivity contribution in [2.24, 2.45) is 17.8 Å². The van der Waals surface area contributed by atoms with Crippen molar-refractivity contribution in [3.8, 4) is 0 Å². The zero-order valence-electron chi connectivity index (χ0n) is 28.8. The third-order valence-corrected chi connectivity index (χ3v) is 11.2. The molecule has 3 N–H and O–H groups in total. The fourth-order valence-electron chi connectivity index (χ4n) is 9.50. The van der Waals surface area contributed by atoms with Crippen molar-refractivity contribution in [2.45, 2.75) is 127 Å². The lowest BCUT2D eigenvalue weighted by atomic mass is 9.53. The Hall–Kier alpha value is -2.98. The van der Waals surface area contributed by atoms with Crippen LogP contribution >= 0.6 is 0 Å². The predicted octanol–water partition coefficient (Wildman–Crippen LogP) is 6.30. The van der Waals surface area contributed by atoms with E-state index in [0.29, 0.717) is 19.5 Å². The van der Waals surface area contributed by atoms with Crippen molar-refractivity contribution in [3.05, 3.63) is 70.8 Å². The fraction of sp³-hybridized carbons (Fsp3) is 0.641. The number of likely N-dealkylation sites (tertiary alicyclic amines) is 1. The Labute approximate surface area is 285 Å². The molecule has 6 fully saturated rings. The van der Waals surface area contributed by atoms with Crippen molar-refractivity contribution in [1.82, 2.24) is 15.5 Å². The van der Waals surface area contributed by atoms with Gasteiger partial charge in [-0.2, -0.15) is 0 Å². The Morgan fingerprint density at radius 1 is 0.896 bits per heavy atom. The van der Waals surface area contributed by atoms with E-state index in [1.807, 2.05) is 69.3 Å². The number of amides is 2. The summed E-state index contributed by atoms with van der Waals surface area (Å²) >= 11 is 0. The van der Waals surface area contributed by atoms with E-state index >= 15 is 0 Å². The molecule has 2 aromatic rings. The first-order chi connectivity index (χ1) is 23.0. The molecule has 4 atom stereocenters. The summed E-state index contributed by atoms with van der Waals surface area (Å²) < 4.78 is 18.9. The summed E-state index contributed by atoms with van der Waals surface area (Å²) in [7, 11) is 0. The van der Waals surface area contributed by atoms with Gasteiger partial charge in [-0.1, -0.05) is 48.5 Å². The number of carbonyl (C=O) groups is 2. The van der Waals surface area contributed by atoms with Gasteiger partial charge in [0.1, 0.15) is 11.6 Å². The van der Waals surface area contributed by atoms with Crippen LogP contribution in [-0.2, 0) is 32.2 Å². The van der Waals surface area contributed by atoms with Crippen molar-refractivity contribution in [1.29, 1.82) is 0 Å². The highest BCUT2D eigenvalue weighted by Crippen LogP contribution is 2.55. The molecule has 9 heteroatoms. The highest BCUT2D eigenvalue weighted by molar-refractivity contribution is 5.76. The summed E-state index contributed by atoms with van der Waals surface area (Å²) in [6, 6.07) is 15.6.